The number of hydrogen-bond donors (Lipinski definition) is 0. The summed E-state index contributed by atoms with van der Waals surface area (Å²) in [6.45, 7) is 0. The monoisotopic (exact) mass is 354 g/mol. The fraction of sp³-hybridized carbons (Fsp3) is 0. The first-order valence-corrected chi connectivity index (χ1v) is 3.18. The summed E-state index contributed by atoms with van der Waals surface area (Å²) in [5, 5.41) is 0. The van der Waals surface area contributed by atoms with Crippen LogP contribution in [-0.4, -0.2) is 0 Å². The van der Waals surface area contributed by atoms with Crippen LogP contribution in [0.4, 0.5) is 0 Å². The molecule has 0 N–H and O–H groups in total. The summed E-state index contributed by atoms with van der Waals surface area (Å²) in [6, 6.07) is 10.2. The van der Waals surface area contributed by atoms with Gasteiger partial charge in [-0.05, 0) is 34.7 Å². The molecule has 0 aliphatic rings. The number of benzene rings is 1. The maximum absolute atomic E-state index is 2.28. The predicted octanol–water partition coefficient (Wildman–Crippen LogP) is -3.70. The molecule has 0 saturated carbocycles. The fourth-order valence-corrected chi connectivity index (χ4v) is 0.830. The molecule has 0 radical (unpaired) electrons. The van der Waals surface area contributed by atoms with E-state index in [1.807, 2.05) is 18.2 Å². The minimum absolute atomic E-state index is 0. The van der Waals surface area contributed by atoms with E-state index in [-0.39, 0.29) is 53.5 Å². The molecule has 9 heavy (non-hydrogen) atoms. The van der Waals surface area contributed by atoms with Gasteiger partial charge in [0.2, 0.25) is 0 Å². The van der Waals surface area contributed by atoms with Crippen LogP contribution in [0.1, 0.15) is 0 Å². The molecule has 1 aromatic rings. The van der Waals surface area contributed by atoms with Crippen molar-refractivity contribution in [3.05, 3.63) is 33.9 Å². The van der Waals surface area contributed by atoms with E-state index in [1.165, 1.54) is 3.57 Å². The summed E-state index contributed by atoms with van der Waals surface area (Å²) in [7, 11) is 0. The summed E-state index contributed by atoms with van der Waals surface area (Å²) in [5.41, 5.74) is 0. The molecular weight excluding hydrogens is 349 g/mol. The molecule has 1 aromatic carbocycles. The van der Waals surface area contributed by atoms with E-state index in [1.54, 1.807) is 0 Å². The third kappa shape index (κ3) is 6.09. The van der Waals surface area contributed by atoms with E-state index in [2.05, 4.69) is 34.7 Å². The molecule has 0 amide bonds. The Morgan fingerprint density at radius 1 is 1.00 bits per heavy atom. The Bertz CT molecular complexity index is 141. The van der Waals surface area contributed by atoms with Crippen LogP contribution in [0.5, 0.6) is 0 Å². The van der Waals surface area contributed by atoms with Crippen molar-refractivity contribution >= 4 is 22.6 Å². The summed E-state index contributed by atoms with van der Waals surface area (Å²) in [4.78, 5) is 0. The first-order valence-electron chi connectivity index (χ1n) is 2.10. The van der Waals surface area contributed by atoms with Gasteiger partial charge in [0.1, 0.15) is 0 Å². The van der Waals surface area contributed by atoms with Gasteiger partial charge in [-0.25, -0.2) is 0 Å². The Morgan fingerprint density at radius 2 is 1.44 bits per heavy atom. The van der Waals surface area contributed by atoms with E-state index in [0.29, 0.717) is 0 Å². The number of halogens is 2. The number of hydrogen-bond acceptors (Lipinski definition) is 0. The largest absolute Gasteiger partial charge is 1.00 e. The van der Waals surface area contributed by atoms with Crippen LogP contribution in [0.3, 0.4) is 0 Å². The van der Waals surface area contributed by atoms with Crippen LogP contribution in [0.15, 0.2) is 30.3 Å². The molecular formula is C6H5I2Na. The standard InChI is InChI=1S/C6H5I.HI.Na/c7-6-4-2-1-3-5-6;;/h1-5H;1H;/q;;+1/p-1. The zero-order valence-corrected chi connectivity index (χ0v) is 11.5. The molecule has 44 valence electrons. The third-order valence-electron chi connectivity index (χ3n) is 0.733. The summed E-state index contributed by atoms with van der Waals surface area (Å²) in [6.07, 6.45) is 0. The van der Waals surface area contributed by atoms with Crippen LogP contribution in [0, 0.1) is 3.57 Å². The van der Waals surface area contributed by atoms with Gasteiger partial charge in [0.05, 0.1) is 0 Å². The zero-order chi connectivity index (χ0) is 5.11. The molecule has 3 heteroatoms. The van der Waals surface area contributed by atoms with E-state index in [4.69, 9.17) is 0 Å². The second-order valence-electron chi connectivity index (χ2n) is 1.30. The van der Waals surface area contributed by atoms with Crippen LogP contribution >= 0.6 is 22.6 Å². The van der Waals surface area contributed by atoms with E-state index < -0.39 is 0 Å². The minimum Gasteiger partial charge on any atom is -1.00 e. The van der Waals surface area contributed by atoms with Crippen molar-refractivity contribution in [2.45, 2.75) is 0 Å². The summed E-state index contributed by atoms with van der Waals surface area (Å²) >= 11 is 2.28. The second kappa shape index (κ2) is 7.78. The molecule has 1 rings (SSSR count). The smallest absolute Gasteiger partial charge is 1.00 e. The van der Waals surface area contributed by atoms with Crippen LogP contribution < -0.4 is 53.5 Å². The first-order chi connectivity index (χ1) is 3.39. The third-order valence-corrected chi connectivity index (χ3v) is 1.45. The minimum atomic E-state index is 0. The predicted molar refractivity (Wildman–Crippen MR) is 39.2 cm³/mol. The Balaban J connectivity index is 0. The average Bonchev–Trinajstić information content (AvgIpc) is 1.69. The Hall–Kier alpha value is 1.68. The van der Waals surface area contributed by atoms with Crippen LogP contribution in [-0.2, 0) is 0 Å². The van der Waals surface area contributed by atoms with Crippen molar-refractivity contribution in [1.82, 2.24) is 0 Å². The maximum Gasteiger partial charge on any atom is 1.00 e. The van der Waals surface area contributed by atoms with Gasteiger partial charge in [-0.1, -0.05) is 18.2 Å². The molecule has 0 atom stereocenters. The topological polar surface area (TPSA) is 0 Å². The van der Waals surface area contributed by atoms with Crippen molar-refractivity contribution < 1.29 is 53.5 Å². The van der Waals surface area contributed by atoms with Gasteiger partial charge in [-0.3, -0.25) is 0 Å². The average molecular weight is 354 g/mol. The Kier molecular flexibility index (Phi) is 11.5. The Morgan fingerprint density at radius 3 is 1.67 bits per heavy atom. The molecule has 0 aliphatic carbocycles. The van der Waals surface area contributed by atoms with E-state index in [9.17, 15) is 0 Å². The van der Waals surface area contributed by atoms with Crippen LogP contribution in [0.25, 0.3) is 0 Å². The van der Waals surface area contributed by atoms with Gasteiger partial charge in [0.15, 0.2) is 0 Å². The summed E-state index contributed by atoms with van der Waals surface area (Å²) in [5.74, 6) is 0. The van der Waals surface area contributed by atoms with E-state index >= 15 is 0 Å². The summed E-state index contributed by atoms with van der Waals surface area (Å²) < 4.78 is 1.29. The molecule has 0 spiro atoms. The second-order valence-corrected chi connectivity index (χ2v) is 2.54. The molecule has 0 aromatic heterocycles. The zero-order valence-electron chi connectivity index (χ0n) is 5.14. The van der Waals surface area contributed by atoms with Crippen molar-refractivity contribution in [1.29, 1.82) is 0 Å². The first kappa shape index (κ1) is 13.3. The number of rotatable bonds is 0. The van der Waals surface area contributed by atoms with Gasteiger partial charge >= 0.3 is 29.6 Å². The fourth-order valence-electron chi connectivity index (χ4n) is 0.415. The maximum atomic E-state index is 2.28. The van der Waals surface area contributed by atoms with Gasteiger partial charge in [0, 0.05) is 3.57 Å². The van der Waals surface area contributed by atoms with Gasteiger partial charge in [0.25, 0.3) is 0 Å². The normalized spacial score (nSPS) is 6.78. The Labute approximate surface area is 108 Å². The molecule has 0 bridgehead atoms. The van der Waals surface area contributed by atoms with Crippen molar-refractivity contribution in [2.24, 2.45) is 0 Å². The molecule has 0 aliphatic heterocycles. The molecule has 0 saturated heterocycles. The van der Waals surface area contributed by atoms with E-state index in [0.717, 1.165) is 0 Å². The molecule has 0 nitrogen and oxygen atoms in total. The molecule has 0 heterocycles. The molecule has 0 fully saturated rings. The SMILES string of the molecule is Ic1ccccc1.[I-].[Na+]. The van der Waals surface area contributed by atoms with Gasteiger partial charge in [-0.15, -0.1) is 0 Å². The molecule has 0 unspecified atom stereocenters. The van der Waals surface area contributed by atoms with Crippen LogP contribution in [0.2, 0.25) is 0 Å². The van der Waals surface area contributed by atoms with Gasteiger partial charge < -0.3 is 24.0 Å². The van der Waals surface area contributed by atoms with Crippen molar-refractivity contribution in [2.75, 3.05) is 0 Å². The van der Waals surface area contributed by atoms with Crippen molar-refractivity contribution in [3.63, 3.8) is 0 Å². The van der Waals surface area contributed by atoms with Gasteiger partial charge in [-0.2, -0.15) is 0 Å². The quantitative estimate of drug-likeness (QED) is 0.333. The van der Waals surface area contributed by atoms with Crippen molar-refractivity contribution in [3.8, 4) is 0 Å².